The van der Waals surface area contributed by atoms with Crippen LogP contribution in [0.3, 0.4) is 0 Å². The summed E-state index contributed by atoms with van der Waals surface area (Å²) >= 11 is 12.6. The van der Waals surface area contributed by atoms with Crippen LogP contribution >= 0.6 is 23.2 Å². The fourth-order valence-corrected chi connectivity index (χ4v) is 6.83. The molecule has 2 amide bonds. The second kappa shape index (κ2) is 11.9. The third-order valence-electron chi connectivity index (χ3n) is 8.29. The highest BCUT2D eigenvalue weighted by Crippen LogP contribution is 2.57. The minimum Gasteiger partial charge on any atom is -0.469 e. The molecule has 0 radical (unpaired) electrons. The van der Waals surface area contributed by atoms with Crippen molar-refractivity contribution in [3.63, 3.8) is 0 Å². The van der Waals surface area contributed by atoms with Gasteiger partial charge < -0.3 is 20.7 Å². The van der Waals surface area contributed by atoms with Crippen LogP contribution in [0, 0.1) is 11.2 Å². The number of esters is 1. The summed E-state index contributed by atoms with van der Waals surface area (Å²) in [6.45, 7) is 6.17. The first-order valence-corrected chi connectivity index (χ1v) is 14.9. The Balaban J connectivity index is 1.59. The lowest BCUT2D eigenvalue weighted by Crippen LogP contribution is -2.49. The number of carbonyl (C=O) groups is 3. The number of amides is 2. The van der Waals surface area contributed by atoms with Crippen LogP contribution < -0.4 is 16.0 Å². The molecular formula is C33H34Cl2FN3O4. The summed E-state index contributed by atoms with van der Waals surface area (Å²) < 4.78 is 20.6. The van der Waals surface area contributed by atoms with Crippen LogP contribution in [-0.2, 0) is 31.0 Å². The number of ether oxygens (including phenoxy) is 1. The molecule has 3 aromatic rings. The fraction of sp³-hybridized carbons (Fsp3) is 0.364. The van der Waals surface area contributed by atoms with Gasteiger partial charge in [-0.2, -0.15) is 0 Å². The zero-order chi connectivity index (χ0) is 31.1. The molecule has 1 spiro atoms. The lowest BCUT2D eigenvalue weighted by Gasteiger charge is -2.37. The molecule has 1 unspecified atom stereocenters. The average molecular weight is 627 g/mol. The Bertz CT molecular complexity index is 1570. The molecule has 0 aromatic heterocycles. The maximum Gasteiger partial charge on any atom is 0.305 e. The Morgan fingerprint density at radius 3 is 2.47 bits per heavy atom. The number of hydrogen-bond acceptors (Lipinski definition) is 5. The van der Waals surface area contributed by atoms with Gasteiger partial charge in [-0.25, -0.2) is 4.39 Å². The van der Waals surface area contributed by atoms with Crippen molar-refractivity contribution in [2.24, 2.45) is 5.41 Å². The van der Waals surface area contributed by atoms with E-state index >= 15 is 4.39 Å². The Kier molecular flexibility index (Phi) is 8.58. The second-order valence-corrected chi connectivity index (χ2v) is 13.2. The molecule has 1 fully saturated rings. The van der Waals surface area contributed by atoms with E-state index in [1.165, 1.54) is 13.2 Å². The van der Waals surface area contributed by atoms with Crippen molar-refractivity contribution in [3.8, 4) is 0 Å². The van der Waals surface area contributed by atoms with Gasteiger partial charge in [-0.15, -0.1) is 0 Å². The van der Waals surface area contributed by atoms with Crippen molar-refractivity contribution in [1.82, 2.24) is 5.32 Å². The summed E-state index contributed by atoms with van der Waals surface area (Å²) in [4.78, 5) is 39.9. The van der Waals surface area contributed by atoms with E-state index in [2.05, 4.69) is 36.7 Å². The predicted molar refractivity (Wildman–Crippen MR) is 166 cm³/mol. The molecule has 5 rings (SSSR count). The number of nitrogens with one attached hydrogen (secondary N) is 3. The summed E-state index contributed by atoms with van der Waals surface area (Å²) in [6, 6.07) is 15.4. The average Bonchev–Trinajstić information content (AvgIpc) is 3.42. The molecule has 43 heavy (non-hydrogen) atoms. The Hall–Kier alpha value is -3.46. The van der Waals surface area contributed by atoms with Gasteiger partial charge in [0.25, 0.3) is 0 Å². The van der Waals surface area contributed by atoms with Crippen molar-refractivity contribution in [2.45, 2.75) is 63.5 Å². The van der Waals surface area contributed by atoms with E-state index in [1.54, 1.807) is 42.5 Å². The van der Waals surface area contributed by atoms with Gasteiger partial charge in [0, 0.05) is 34.8 Å². The topological polar surface area (TPSA) is 96.5 Å². The van der Waals surface area contributed by atoms with Gasteiger partial charge in [-0.3, -0.25) is 14.4 Å². The van der Waals surface area contributed by atoms with Crippen LogP contribution in [0.25, 0.3) is 0 Å². The standard InChI is InChI=1S/C33H34Cl2FN3O4/c1-32(2,3)17-25-33(22-14-11-19(34)16-24(22)38-31(33)42)27(21-6-5-7-23(35)28(21)36)29(39-25)30(41)37-20-12-8-18(9-13-20)10-15-26(40)43-4/h5-9,11-14,16,25,27,29,39H,10,15,17H2,1-4H3,(H,37,41)(H,38,42)/t25-,27-,29+,33?/m0/s1. The zero-order valence-corrected chi connectivity index (χ0v) is 25.9. The van der Waals surface area contributed by atoms with Crippen LogP contribution in [0.5, 0.6) is 0 Å². The molecule has 10 heteroatoms. The summed E-state index contributed by atoms with van der Waals surface area (Å²) in [5.74, 6) is -2.67. The van der Waals surface area contributed by atoms with Gasteiger partial charge >= 0.3 is 5.97 Å². The first kappa shape index (κ1) is 31.0. The highest BCUT2D eigenvalue weighted by Gasteiger charge is 2.66. The van der Waals surface area contributed by atoms with Crippen molar-refractivity contribution in [2.75, 3.05) is 17.7 Å². The molecule has 2 heterocycles. The van der Waals surface area contributed by atoms with Crippen LogP contribution in [-0.4, -0.2) is 37.0 Å². The first-order chi connectivity index (χ1) is 20.3. The molecule has 3 aromatic carbocycles. The second-order valence-electron chi connectivity index (χ2n) is 12.4. The minimum absolute atomic E-state index is 0.0941. The summed E-state index contributed by atoms with van der Waals surface area (Å²) in [6.07, 6.45) is 1.25. The maximum atomic E-state index is 15.9. The van der Waals surface area contributed by atoms with Crippen molar-refractivity contribution in [1.29, 1.82) is 0 Å². The number of fused-ring (bicyclic) bond motifs is 2. The third kappa shape index (κ3) is 5.88. The molecule has 4 atom stereocenters. The normalized spacial score (nSPS) is 22.8. The predicted octanol–water partition coefficient (Wildman–Crippen LogP) is 6.63. The molecule has 0 saturated carbocycles. The van der Waals surface area contributed by atoms with Gasteiger partial charge in [0.05, 0.1) is 18.2 Å². The molecule has 1 saturated heterocycles. The molecule has 0 bridgehead atoms. The molecule has 3 N–H and O–H groups in total. The van der Waals surface area contributed by atoms with Crippen LogP contribution in [0.15, 0.2) is 60.7 Å². The van der Waals surface area contributed by atoms with Crippen LogP contribution in [0.1, 0.15) is 56.2 Å². The monoisotopic (exact) mass is 625 g/mol. The van der Waals surface area contributed by atoms with Crippen LogP contribution in [0.2, 0.25) is 10.0 Å². The SMILES string of the molecule is COC(=O)CCc1ccc(NC(=O)[C@@H]2N[C@@H](CC(C)(C)C)C3(C(=O)Nc4cc(Cl)ccc43)[C@H]2c2cccc(Cl)c2F)cc1. The van der Waals surface area contributed by atoms with E-state index in [0.29, 0.717) is 34.8 Å². The minimum atomic E-state index is -1.33. The number of aryl methyl sites for hydroxylation is 1. The Labute approximate surface area is 260 Å². The Morgan fingerprint density at radius 1 is 1.07 bits per heavy atom. The van der Waals surface area contributed by atoms with Crippen molar-refractivity contribution in [3.05, 3.63) is 93.2 Å². The smallest absolute Gasteiger partial charge is 0.305 e. The summed E-state index contributed by atoms with van der Waals surface area (Å²) in [7, 11) is 1.35. The number of methoxy groups -OCH3 is 1. The lowest BCUT2D eigenvalue weighted by atomic mass is 9.62. The van der Waals surface area contributed by atoms with Gasteiger partial charge in [0.2, 0.25) is 11.8 Å². The highest BCUT2D eigenvalue weighted by atomic mass is 35.5. The molecule has 0 aliphatic carbocycles. The number of halogens is 3. The highest BCUT2D eigenvalue weighted by molar-refractivity contribution is 6.31. The van der Waals surface area contributed by atoms with E-state index in [0.717, 1.165) is 5.56 Å². The largest absolute Gasteiger partial charge is 0.469 e. The summed E-state index contributed by atoms with van der Waals surface area (Å²) in [5.41, 5.74) is 1.21. The number of anilines is 2. The van der Waals surface area contributed by atoms with Gasteiger partial charge in [-0.1, -0.05) is 74.3 Å². The quantitative estimate of drug-likeness (QED) is 0.256. The van der Waals surface area contributed by atoms with Gasteiger partial charge in [0.15, 0.2) is 0 Å². The van der Waals surface area contributed by atoms with E-state index in [1.807, 2.05) is 12.1 Å². The lowest BCUT2D eigenvalue weighted by molar-refractivity contribution is -0.140. The number of benzene rings is 3. The Morgan fingerprint density at radius 2 is 1.79 bits per heavy atom. The van der Waals surface area contributed by atoms with E-state index < -0.39 is 35.1 Å². The fourth-order valence-electron chi connectivity index (χ4n) is 6.48. The van der Waals surface area contributed by atoms with E-state index in [9.17, 15) is 14.4 Å². The molecular weight excluding hydrogens is 592 g/mol. The molecule has 2 aliphatic rings. The molecule has 7 nitrogen and oxygen atoms in total. The van der Waals surface area contributed by atoms with Gasteiger partial charge in [-0.05, 0) is 65.3 Å². The van der Waals surface area contributed by atoms with E-state index in [-0.39, 0.29) is 34.3 Å². The third-order valence-corrected chi connectivity index (χ3v) is 8.81. The molecule has 226 valence electrons. The number of rotatable bonds is 7. The van der Waals surface area contributed by atoms with Crippen molar-refractivity contribution < 1.29 is 23.5 Å². The van der Waals surface area contributed by atoms with E-state index in [4.69, 9.17) is 27.9 Å². The summed E-state index contributed by atoms with van der Waals surface area (Å²) in [5, 5.41) is 9.75. The molecule has 2 aliphatic heterocycles. The van der Waals surface area contributed by atoms with Gasteiger partial charge in [0.1, 0.15) is 11.2 Å². The number of carbonyl (C=O) groups excluding carboxylic acids is 3. The van der Waals surface area contributed by atoms with Crippen LogP contribution in [0.4, 0.5) is 15.8 Å². The zero-order valence-electron chi connectivity index (χ0n) is 24.4. The number of hydrogen-bond donors (Lipinski definition) is 3. The first-order valence-electron chi connectivity index (χ1n) is 14.1. The van der Waals surface area contributed by atoms with Crippen molar-refractivity contribution >= 4 is 52.4 Å². The maximum absolute atomic E-state index is 15.9.